The minimum atomic E-state index is -0.245. The molecule has 27 heavy (non-hydrogen) atoms. The molecule has 0 aliphatic carbocycles. The number of methoxy groups -OCH3 is 2. The zero-order valence-corrected chi connectivity index (χ0v) is 15.3. The number of hydrogen-bond donors (Lipinski definition) is 1. The van der Waals surface area contributed by atoms with E-state index in [0.29, 0.717) is 48.7 Å². The van der Waals surface area contributed by atoms with Crippen LogP contribution in [0.1, 0.15) is 33.7 Å². The van der Waals surface area contributed by atoms with Crippen LogP contribution in [-0.4, -0.2) is 60.0 Å². The van der Waals surface area contributed by atoms with Crippen molar-refractivity contribution in [1.29, 1.82) is 0 Å². The van der Waals surface area contributed by atoms with E-state index in [9.17, 15) is 9.59 Å². The fraction of sp³-hybridized carbons (Fsp3) is 0.368. The summed E-state index contributed by atoms with van der Waals surface area (Å²) in [6.07, 6.45) is 5.80. The van der Waals surface area contributed by atoms with Gasteiger partial charge in [0.15, 0.2) is 0 Å². The zero-order chi connectivity index (χ0) is 19.2. The van der Waals surface area contributed by atoms with Crippen LogP contribution < -0.4 is 14.8 Å². The summed E-state index contributed by atoms with van der Waals surface area (Å²) in [6.45, 7) is 1.12. The molecule has 2 aromatic rings. The van der Waals surface area contributed by atoms with Gasteiger partial charge in [-0.15, -0.1) is 0 Å². The molecule has 1 aliphatic heterocycles. The number of carbonyl (C=O) groups is 2. The number of nitrogens with zero attached hydrogens (tertiary/aromatic N) is 3. The number of hydrogen-bond acceptors (Lipinski definition) is 6. The first-order chi connectivity index (χ1) is 13.1. The van der Waals surface area contributed by atoms with Crippen LogP contribution in [0.2, 0.25) is 0 Å². The lowest BCUT2D eigenvalue weighted by Crippen LogP contribution is -2.46. The number of piperidine rings is 1. The quantitative estimate of drug-likeness (QED) is 0.858. The third-order valence-corrected chi connectivity index (χ3v) is 4.51. The Bertz CT molecular complexity index is 782. The SMILES string of the molecule is COc1cc(OC)cc(C(=O)N2CCC(NC(=O)c3cnccn3)CC2)c1. The normalized spacial score (nSPS) is 14.5. The molecule has 8 nitrogen and oxygen atoms in total. The third kappa shape index (κ3) is 4.52. The van der Waals surface area contributed by atoms with Crippen LogP contribution in [0.4, 0.5) is 0 Å². The lowest BCUT2D eigenvalue weighted by atomic mass is 10.0. The van der Waals surface area contributed by atoms with Crippen LogP contribution in [0.25, 0.3) is 0 Å². The molecule has 1 saturated heterocycles. The molecule has 8 heteroatoms. The maximum absolute atomic E-state index is 12.8. The monoisotopic (exact) mass is 370 g/mol. The first kappa shape index (κ1) is 18.6. The van der Waals surface area contributed by atoms with E-state index in [2.05, 4.69) is 15.3 Å². The van der Waals surface area contributed by atoms with Crippen molar-refractivity contribution in [1.82, 2.24) is 20.2 Å². The minimum Gasteiger partial charge on any atom is -0.497 e. The smallest absolute Gasteiger partial charge is 0.271 e. The number of carbonyl (C=O) groups excluding carboxylic acids is 2. The summed E-state index contributed by atoms with van der Waals surface area (Å²) in [5, 5.41) is 2.95. The molecule has 0 atom stereocenters. The van der Waals surface area contributed by atoms with E-state index >= 15 is 0 Å². The van der Waals surface area contributed by atoms with Gasteiger partial charge in [-0.05, 0) is 25.0 Å². The molecule has 0 spiro atoms. The summed E-state index contributed by atoms with van der Waals surface area (Å²) in [6, 6.07) is 5.13. The van der Waals surface area contributed by atoms with Crippen LogP contribution in [0, 0.1) is 0 Å². The summed E-state index contributed by atoms with van der Waals surface area (Å²) < 4.78 is 10.5. The summed E-state index contributed by atoms with van der Waals surface area (Å²) in [7, 11) is 3.10. The van der Waals surface area contributed by atoms with E-state index in [0.717, 1.165) is 0 Å². The predicted octanol–water partition coefficient (Wildman–Crippen LogP) is 1.53. The van der Waals surface area contributed by atoms with E-state index in [1.807, 2.05) is 0 Å². The Kier molecular flexibility index (Phi) is 5.85. The second kappa shape index (κ2) is 8.48. The molecule has 0 bridgehead atoms. The summed E-state index contributed by atoms with van der Waals surface area (Å²) in [5.74, 6) is 0.823. The largest absolute Gasteiger partial charge is 0.497 e. The highest BCUT2D eigenvalue weighted by Gasteiger charge is 2.25. The van der Waals surface area contributed by atoms with Crippen LogP contribution in [0.3, 0.4) is 0 Å². The molecule has 0 radical (unpaired) electrons. The van der Waals surface area contributed by atoms with E-state index in [1.165, 1.54) is 18.6 Å². The van der Waals surface area contributed by atoms with Gasteiger partial charge in [-0.2, -0.15) is 0 Å². The van der Waals surface area contributed by atoms with E-state index in [-0.39, 0.29) is 17.9 Å². The summed E-state index contributed by atoms with van der Waals surface area (Å²) >= 11 is 0. The topological polar surface area (TPSA) is 93.7 Å². The number of likely N-dealkylation sites (tertiary alicyclic amines) is 1. The van der Waals surface area contributed by atoms with Gasteiger partial charge in [0.1, 0.15) is 17.2 Å². The van der Waals surface area contributed by atoms with Gasteiger partial charge in [-0.1, -0.05) is 0 Å². The first-order valence-corrected chi connectivity index (χ1v) is 8.70. The number of benzene rings is 1. The molecule has 1 aromatic heterocycles. The van der Waals surface area contributed by atoms with Crippen LogP contribution in [0.5, 0.6) is 11.5 Å². The number of rotatable bonds is 5. The highest BCUT2D eigenvalue weighted by Crippen LogP contribution is 2.24. The fourth-order valence-electron chi connectivity index (χ4n) is 3.02. The van der Waals surface area contributed by atoms with Crippen LogP contribution in [0.15, 0.2) is 36.8 Å². The molecular formula is C19H22N4O4. The molecule has 0 unspecified atom stereocenters. The van der Waals surface area contributed by atoms with Gasteiger partial charge < -0.3 is 19.7 Å². The van der Waals surface area contributed by atoms with Crippen molar-refractivity contribution in [3.05, 3.63) is 48.0 Å². The average Bonchev–Trinajstić information content (AvgIpc) is 2.74. The molecule has 1 aliphatic rings. The summed E-state index contributed by atoms with van der Waals surface area (Å²) in [4.78, 5) is 34.6. The van der Waals surface area contributed by atoms with Gasteiger partial charge in [0.2, 0.25) is 0 Å². The van der Waals surface area contributed by atoms with Crippen molar-refractivity contribution < 1.29 is 19.1 Å². The molecule has 3 rings (SSSR count). The second-order valence-corrected chi connectivity index (χ2v) is 6.23. The number of nitrogens with one attached hydrogen (secondary N) is 1. The maximum atomic E-state index is 12.8. The lowest BCUT2D eigenvalue weighted by Gasteiger charge is -2.32. The standard InChI is InChI=1S/C19H22N4O4/c1-26-15-9-13(10-16(11-15)27-2)19(25)23-7-3-14(4-8-23)22-18(24)17-12-20-5-6-21-17/h5-6,9-12,14H,3-4,7-8H2,1-2H3,(H,22,24). The Morgan fingerprint density at radius 3 is 2.30 bits per heavy atom. The molecule has 1 aromatic carbocycles. The Balaban J connectivity index is 1.59. The fourth-order valence-corrected chi connectivity index (χ4v) is 3.02. The van der Waals surface area contributed by atoms with Gasteiger partial charge in [0, 0.05) is 43.2 Å². The van der Waals surface area contributed by atoms with Crippen molar-refractivity contribution in [2.45, 2.75) is 18.9 Å². The molecule has 0 saturated carbocycles. The van der Waals surface area contributed by atoms with Crippen LogP contribution >= 0.6 is 0 Å². The minimum absolute atomic E-state index is 0.00315. The second-order valence-electron chi connectivity index (χ2n) is 6.23. The van der Waals surface area contributed by atoms with Gasteiger partial charge in [-0.25, -0.2) is 4.98 Å². The molecule has 2 amide bonds. The predicted molar refractivity (Wildman–Crippen MR) is 98.0 cm³/mol. The van der Waals surface area contributed by atoms with E-state index in [4.69, 9.17) is 9.47 Å². The number of aromatic nitrogens is 2. The molecule has 2 heterocycles. The molecular weight excluding hydrogens is 348 g/mol. The Hall–Kier alpha value is -3.16. The van der Waals surface area contributed by atoms with E-state index in [1.54, 1.807) is 37.3 Å². The zero-order valence-electron chi connectivity index (χ0n) is 15.3. The molecule has 142 valence electrons. The van der Waals surface area contributed by atoms with Crippen LogP contribution in [-0.2, 0) is 0 Å². The van der Waals surface area contributed by atoms with Gasteiger partial charge in [0.25, 0.3) is 11.8 Å². The van der Waals surface area contributed by atoms with Crippen molar-refractivity contribution in [3.8, 4) is 11.5 Å². The number of ether oxygens (including phenoxy) is 2. The molecule has 1 fully saturated rings. The van der Waals surface area contributed by atoms with Gasteiger partial charge >= 0.3 is 0 Å². The van der Waals surface area contributed by atoms with Crippen molar-refractivity contribution in [2.24, 2.45) is 0 Å². The summed E-state index contributed by atoms with van der Waals surface area (Å²) in [5.41, 5.74) is 0.813. The van der Waals surface area contributed by atoms with Gasteiger partial charge in [0.05, 0.1) is 20.4 Å². The van der Waals surface area contributed by atoms with E-state index < -0.39 is 0 Å². The highest BCUT2D eigenvalue weighted by atomic mass is 16.5. The maximum Gasteiger partial charge on any atom is 0.271 e. The molecule has 1 N–H and O–H groups in total. The van der Waals surface area contributed by atoms with Crippen molar-refractivity contribution in [3.63, 3.8) is 0 Å². The average molecular weight is 370 g/mol. The number of amides is 2. The Labute approximate surface area is 157 Å². The Morgan fingerprint density at radius 2 is 1.74 bits per heavy atom. The van der Waals surface area contributed by atoms with Crippen molar-refractivity contribution in [2.75, 3.05) is 27.3 Å². The Morgan fingerprint density at radius 1 is 1.07 bits per heavy atom. The lowest BCUT2D eigenvalue weighted by molar-refractivity contribution is 0.0697. The highest BCUT2D eigenvalue weighted by molar-refractivity contribution is 5.95. The van der Waals surface area contributed by atoms with Gasteiger partial charge in [-0.3, -0.25) is 14.6 Å². The van der Waals surface area contributed by atoms with Crippen molar-refractivity contribution >= 4 is 11.8 Å². The first-order valence-electron chi connectivity index (χ1n) is 8.70. The third-order valence-electron chi connectivity index (χ3n) is 4.51.